The van der Waals surface area contributed by atoms with Gasteiger partial charge in [-0.25, -0.2) is 0 Å². The van der Waals surface area contributed by atoms with Crippen LogP contribution in [-0.4, -0.2) is 37.2 Å². The van der Waals surface area contributed by atoms with Gasteiger partial charge >= 0.3 is 17.9 Å². The summed E-state index contributed by atoms with van der Waals surface area (Å²) in [6, 6.07) is 0. The monoisotopic (exact) mass is 1120 g/mol. The Bertz CT molecular complexity index is 1340. The molecule has 0 N–H and O–H groups in total. The normalized spacial score (nSPS) is 12.2. The average Bonchev–Trinajstić information content (AvgIpc) is 3.46. The Labute approximate surface area is 499 Å². The third kappa shape index (κ3) is 66.4. The molecule has 0 amide bonds. The molecule has 6 heteroatoms. The topological polar surface area (TPSA) is 78.9 Å². The van der Waals surface area contributed by atoms with Crippen molar-refractivity contribution >= 4 is 17.9 Å². The molecule has 0 aliphatic carbocycles. The average molecular weight is 1120 g/mol. The quantitative estimate of drug-likeness (QED) is 0.0261. The van der Waals surface area contributed by atoms with Gasteiger partial charge in [-0.2, -0.15) is 0 Å². The Morgan fingerprint density at radius 3 is 0.700 bits per heavy atom. The fourth-order valence-electron chi connectivity index (χ4n) is 11.0. The minimum atomic E-state index is -0.772. The first-order valence-electron chi connectivity index (χ1n) is 36.0. The van der Waals surface area contributed by atoms with Crippen LogP contribution < -0.4 is 0 Å². The highest BCUT2D eigenvalue weighted by atomic mass is 16.6. The standard InChI is InChI=1S/C74H138O6/c1-4-7-10-13-16-18-20-22-24-26-28-30-32-33-34-35-36-37-38-39-40-42-43-45-47-49-51-53-55-58-61-64-67-73(76)79-70-71(69-78-72(75)66-63-60-57-15-12-9-6-3)80-74(77)68-65-62-59-56-54-52-50-48-46-44-41-31-29-27-25-23-21-19-17-14-11-8-5-2/h21,23,27,29,41,44,71H,4-20,22,24-26,28,30-40,42-43,45-70H2,1-3H3/b23-21-,29-27-,44-41-. The summed E-state index contributed by atoms with van der Waals surface area (Å²) in [5, 5.41) is 0. The Morgan fingerprint density at radius 2 is 0.450 bits per heavy atom. The van der Waals surface area contributed by atoms with Gasteiger partial charge in [-0.15, -0.1) is 0 Å². The molecular formula is C74H138O6. The SMILES string of the molecule is CCCCCCC/C=C\C/C=C\C/C=C\CCCCCCCCCCC(=O)OC(COC(=O)CCCCCCCCC)COC(=O)CCCCCCCCCCCCCCCCCCCCCCCCCCCCCCCCCC. The molecule has 1 atom stereocenters. The van der Waals surface area contributed by atoms with Gasteiger partial charge < -0.3 is 14.2 Å². The lowest BCUT2D eigenvalue weighted by molar-refractivity contribution is -0.167. The predicted molar refractivity (Wildman–Crippen MR) is 349 cm³/mol. The van der Waals surface area contributed by atoms with Crippen LogP contribution in [0.5, 0.6) is 0 Å². The highest BCUT2D eigenvalue weighted by molar-refractivity contribution is 5.71. The van der Waals surface area contributed by atoms with Gasteiger partial charge in [0.25, 0.3) is 0 Å². The number of unbranched alkanes of at least 4 members (excludes halogenated alkanes) is 50. The van der Waals surface area contributed by atoms with Gasteiger partial charge in [0.15, 0.2) is 6.10 Å². The third-order valence-electron chi connectivity index (χ3n) is 16.4. The van der Waals surface area contributed by atoms with Crippen molar-refractivity contribution in [3.05, 3.63) is 36.5 Å². The smallest absolute Gasteiger partial charge is 0.306 e. The Morgan fingerprint density at radius 1 is 0.250 bits per heavy atom. The number of carbonyl (C=O) groups is 3. The first kappa shape index (κ1) is 77.6. The van der Waals surface area contributed by atoms with Gasteiger partial charge in [0.2, 0.25) is 0 Å². The van der Waals surface area contributed by atoms with E-state index in [1.165, 1.54) is 283 Å². The van der Waals surface area contributed by atoms with Gasteiger partial charge in [-0.3, -0.25) is 14.4 Å². The highest BCUT2D eigenvalue weighted by Crippen LogP contribution is 2.19. The molecule has 470 valence electrons. The molecule has 0 aromatic heterocycles. The summed E-state index contributed by atoms with van der Waals surface area (Å²) in [6.07, 6.45) is 86.5. The van der Waals surface area contributed by atoms with Crippen molar-refractivity contribution in [3.8, 4) is 0 Å². The molecule has 6 nitrogen and oxygen atoms in total. The molecular weight excluding hydrogens is 985 g/mol. The van der Waals surface area contributed by atoms with E-state index in [0.29, 0.717) is 19.3 Å². The second-order valence-corrected chi connectivity index (χ2v) is 24.5. The van der Waals surface area contributed by atoms with E-state index in [1.54, 1.807) is 0 Å². The van der Waals surface area contributed by atoms with Gasteiger partial charge in [-0.05, 0) is 57.8 Å². The minimum Gasteiger partial charge on any atom is -0.462 e. The lowest BCUT2D eigenvalue weighted by Gasteiger charge is -2.18. The Kier molecular flexibility index (Phi) is 67.1. The zero-order chi connectivity index (χ0) is 57.8. The number of rotatable bonds is 67. The Balaban J connectivity index is 3.99. The van der Waals surface area contributed by atoms with E-state index >= 15 is 0 Å². The zero-order valence-corrected chi connectivity index (χ0v) is 54.1. The Hall–Kier alpha value is -2.37. The zero-order valence-electron chi connectivity index (χ0n) is 54.1. The number of hydrogen-bond acceptors (Lipinski definition) is 6. The van der Waals surface area contributed by atoms with Crippen molar-refractivity contribution in [2.45, 2.75) is 406 Å². The first-order valence-corrected chi connectivity index (χ1v) is 36.0. The second-order valence-electron chi connectivity index (χ2n) is 24.5. The maximum atomic E-state index is 12.9. The highest BCUT2D eigenvalue weighted by Gasteiger charge is 2.19. The maximum absolute atomic E-state index is 12.9. The summed E-state index contributed by atoms with van der Waals surface area (Å²) < 4.78 is 16.9. The predicted octanol–water partition coefficient (Wildman–Crippen LogP) is 24.7. The van der Waals surface area contributed by atoms with Crippen molar-refractivity contribution in [3.63, 3.8) is 0 Å². The van der Waals surface area contributed by atoms with Crippen LogP contribution in [0.15, 0.2) is 36.5 Å². The van der Waals surface area contributed by atoms with Crippen molar-refractivity contribution in [1.82, 2.24) is 0 Å². The number of carbonyl (C=O) groups excluding carboxylic acids is 3. The van der Waals surface area contributed by atoms with Gasteiger partial charge in [-0.1, -0.05) is 359 Å². The summed E-state index contributed by atoms with van der Waals surface area (Å²) in [5.74, 6) is -0.860. The molecule has 0 radical (unpaired) electrons. The van der Waals surface area contributed by atoms with E-state index in [0.717, 1.165) is 77.0 Å². The van der Waals surface area contributed by atoms with E-state index in [2.05, 4.69) is 57.2 Å². The summed E-state index contributed by atoms with van der Waals surface area (Å²) >= 11 is 0. The molecule has 80 heavy (non-hydrogen) atoms. The fourth-order valence-corrected chi connectivity index (χ4v) is 11.0. The second kappa shape index (κ2) is 69.1. The van der Waals surface area contributed by atoms with Crippen LogP contribution >= 0.6 is 0 Å². The summed E-state index contributed by atoms with van der Waals surface area (Å²) in [4.78, 5) is 38.2. The van der Waals surface area contributed by atoms with Crippen molar-refractivity contribution in [2.24, 2.45) is 0 Å². The minimum absolute atomic E-state index is 0.0705. The van der Waals surface area contributed by atoms with E-state index in [4.69, 9.17) is 14.2 Å². The van der Waals surface area contributed by atoms with Crippen molar-refractivity contribution in [2.75, 3.05) is 13.2 Å². The molecule has 1 unspecified atom stereocenters. The van der Waals surface area contributed by atoms with Crippen molar-refractivity contribution in [1.29, 1.82) is 0 Å². The van der Waals surface area contributed by atoms with Crippen LogP contribution in [0.25, 0.3) is 0 Å². The molecule has 0 saturated heterocycles. The van der Waals surface area contributed by atoms with Gasteiger partial charge in [0.05, 0.1) is 0 Å². The van der Waals surface area contributed by atoms with Crippen LogP contribution in [-0.2, 0) is 28.6 Å². The van der Waals surface area contributed by atoms with Crippen LogP contribution in [0.3, 0.4) is 0 Å². The summed E-state index contributed by atoms with van der Waals surface area (Å²) in [6.45, 7) is 6.65. The summed E-state index contributed by atoms with van der Waals surface area (Å²) in [5.41, 5.74) is 0. The fraction of sp³-hybridized carbons (Fsp3) is 0.878. The van der Waals surface area contributed by atoms with Crippen LogP contribution in [0.1, 0.15) is 400 Å². The van der Waals surface area contributed by atoms with Gasteiger partial charge in [0.1, 0.15) is 13.2 Å². The number of esters is 3. The lowest BCUT2D eigenvalue weighted by atomic mass is 10.0. The molecule has 0 aromatic carbocycles. The lowest BCUT2D eigenvalue weighted by Crippen LogP contribution is -2.30. The van der Waals surface area contributed by atoms with E-state index in [-0.39, 0.29) is 31.1 Å². The molecule has 0 saturated carbocycles. The molecule has 0 spiro atoms. The molecule has 0 fully saturated rings. The first-order chi connectivity index (χ1) is 39.5. The van der Waals surface area contributed by atoms with Crippen LogP contribution in [0, 0.1) is 0 Å². The molecule has 0 heterocycles. The number of hydrogen-bond donors (Lipinski definition) is 0. The van der Waals surface area contributed by atoms with E-state index in [1.807, 2.05) is 0 Å². The van der Waals surface area contributed by atoms with Gasteiger partial charge in [0, 0.05) is 19.3 Å². The number of allylic oxidation sites excluding steroid dienone is 6. The number of ether oxygens (including phenoxy) is 3. The summed E-state index contributed by atoms with van der Waals surface area (Å²) in [7, 11) is 0. The van der Waals surface area contributed by atoms with E-state index < -0.39 is 6.10 Å². The van der Waals surface area contributed by atoms with E-state index in [9.17, 15) is 14.4 Å². The molecule has 0 aliphatic heterocycles. The largest absolute Gasteiger partial charge is 0.462 e. The molecule has 0 rings (SSSR count). The van der Waals surface area contributed by atoms with Crippen LogP contribution in [0.4, 0.5) is 0 Å². The van der Waals surface area contributed by atoms with Crippen molar-refractivity contribution < 1.29 is 28.6 Å². The molecule has 0 aliphatic rings. The molecule has 0 aromatic rings. The third-order valence-corrected chi connectivity index (χ3v) is 16.4. The molecule has 0 bridgehead atoms. The maximum Gasteiger partial charge on any atom is 0.306 e. The van der Waals surface area contributed by atoms with Crippen LogP contribution in [0.2, 0.25) is 0 Å².